The molecule has 0 aromatic carbocycles. The molecule has 1 rings (SSSR count). The van der Waals surface area contributed by atoms with Crippen LogP contribution >= 0.6 is 0 Å². The molecule has 0 heterocycles. The Bertz CT molecular complexity index is 375. The molecule has 1 atom stereocenters. The molecule has 12 heavy (non-hydrogen) atoms. The molecule has 1 aliphatic rings. The number of nitrogens with zero attached hydrogens (tertiary/aromatic N) is 1. The standard InChI is InChI=1S/C7H8N2O2S/c8-6-7(12(9,10)11)4-2-1-3-5-7/h1-4H,5H2,(H2,9,10,11). The maximum Gasteiger partial charge on any atom is 0.232 e. The molecule has 5 heteroatoms. The Kier molecular flexibility index (Phi) is 2.04. The van der Waals surface area contributed by atoms with Gasteiger partial charge < -0.3 is 0 Å². The normalized spacial score (nSPS) is 28.3. The molecule has 0 aromatic rings. The number of nitriles is 1. The zero-order chi connectivity index (χ0) is 9.24. The third-order valence-corrected chi connectivity index (χ3v) is 3.14. The van der Waals surface area contributed by atoms with Crippen LogP contribution in [-0.2, 0) is 10.0 Å². The predicted molar refractivity (Wildman–Crippen MR) is 44.3 cm³/mol. The molecule has 0 bridgehead atoms. The van der Waals surface area contributed by atoms with Crippen molar-refractivity contribution in [3.8, 4) is 6.07 Å². The molecule has 1 aliphatic carbocycles. The number of nitrogens with two attached hydrogens (primary N) is 1. The summed E-state index contributed by atoms with van der Waals surface area (Å²) >= 11 is 0. The number of allylic oxidation sites excluding steroid dienone is 3. The zero-order valence-electron chi connectivity index (χ0n) is 6.27. The molecule has 4 nitrogen and oxygen atoms in total. The van der Waals surface area contributed by atoms with Gasteiger partial charge in [0.2, 0.25) is 10.0 Å². The van der Waals surface area contributed by atoms with Gasteiger partial charge in [-0.05, 0) is 6.08 Å². The molecular formula is C7H8N2O2S. The van der Waals surface area contributed by atoms with E-state index in [0.29, 0.717) is 0 Å². The third-order valence-electron chi connectivity index (χ3n) is 1.73. The molecule has 0 aromatic heterocycles. The number of hydrogen-bond acceptors (Lipinski definition) is 3. The smallest absolute Gasteiger partial charge is 0.227 e. The van der Waals surface area contributed by atoms with Crippen LogP contribution in [0.5, 0.6) is 0 Å². The first-order valence-electron chi connectivity index (χ1n) is 3.30. The summed E-state index contributed by atoms with van der Waals surface area (Å²) in [5.41, 5.74) is 0. The highest BCUT2D eigenvalue weighted by atomic mass is 32.2. The summed E-state index contributed by atoms with van der Waals surface area (Å²) in [5.74, 6) is 0. The van der Waals surface area contributed by atoms with Gasteiger partial charge in [-0.25, -0.2) is 13.6 Å². The van der Waals surface area contributed by atoms with Gasteiger partial charge in [0.05, 0.1) is 6.07 Å². The van der Waals surface area contributed by atoms with Gasteiger partial charge in [-0.1, -0.05) is 18.2 Å². The summed E-state index contributed by atoms with van der Waals surface area (Å²) in [4.78, 5) is 0. The fourth-order valence-electron chi connectivity index (χ4n) is 0.958. The third kappa shape index (κ3) is 1.26. The number of rotatable bonds is 1. The van der Waals surface area contributed by atoms with E-state index in [-0.39, 0.29) is 6.42 Å². The van der Waals surface area contributed by atoms with Crippen LogP contribution in [0, 0.1) is 11.3 Å². The van der Waals surface area contributed by atoms with Crippen molar-refractivity contribution in [3.63, 3.8) is 0 Å². The van der Waals surface area contributed by atoms with Crippen molar-refractivity contribution in [2.24, 2.45) is 5.14 Å². The summed E-state index contributed by atoms with van der Waals surface area (Å²) in [6, 6.07) is 1.71. The lowest BCUT2D eigenvalue weighted by molar-refractivity contribution is 0.577. The van der Waals surface area contributed by atoms with Crippen LogP contribution in [0.2, 0.25) is 0 Å². The van der Waals surface area contributed by atoms with Gasteiger partial charge in [0.15, 0.2) is 4.75 Å². The first-order chi connectivity index (χ1) is 5.52. The number of primary sulfonamides is 1. The molecule has 0 radical (unpaired) electrons. The van der Waals surface area contributed by atoms with E-state index in [2.05, 4.69) is 0 Å². The van der Waals surface area contributed by atoms with Gasteiger partial charge in [0.25, 0.3) is 0 Å². The lowest BCUT2D eigenvalue weighted by Crippen LogP contribution is -2.40. The maximum atomic E-state index is 11.0. The molecule has 0 spiro atoms. The van der Waals surface area contributed by atoms with Gasteiger partial charge in [0.1, 0.15) is 0 Å². The van der Waals surface area contributed by atoms with Crippen LogP contribution < -0.4 is 5.14 Å². The second-order valence-electron chi connectivity index (χ2n) is 2.54. The fraction of sp³-hybridized carbons (Fsp3) is 0.286. The molecule has 0 fully saturated rings. The number of sulfonamides is 1. The molecule has 0 aliphatic heterocycles. The van der Waals surface area contributed by atoms with Crippen molar-refractivity contribution >= 4 is 10.0 Å². The minimum Gasteiger partial charge on any atom is -0.227 e. The highest BCUT2D eigenvalue weighted by Crippen LogP contribution is 2.23. The Morgan fingerprint density at radius 2 is 2.17 bits per heavy atom. The summed E-state index contributed by atoms with van der Waals surface area (Å²) in [5, 5.41) is 13.6. The monoisotopic (exact) mass is 184 g/mol. The Morgan fingerprint density at radius 3 is 2.42 bits per heavy atom. The number of hydrogen-bond donors (Lipinski definition) is 1. The first kappa shape index (κ1) is 8.97. The highest BCUT2D eigenvalue weighted by molar-refractivity contribution is 7.91. The Labute approximate surface area is 71.0 Å². The van der Waals surface area contributed by atoms with E-state index in [1.165, 1.54) is 12.2 Å². The maximum absolute atomic E-state index is 11.0. The van der Waals surface area contributed by atoms with Crippen molar-refractivity contribution in [2.75, 3.05) is 0 Å². The van der Waals surface area contributed by atoms with Gasteiger partial charge in [-0.2, -0.15) is 5.26 Å². The van der Waals surface area contributed by atoms with Crippen LogP contribution in [0.15, 0.2) is 24.3 Å². The molecule has 0 amide bonds. The summed E-state index contributed by atoms with van der Waals surface area (Å²) in [7, 11) is -3.84. The second kappa shape index (κ2) is 2.73. The summed E-state index contributed by atoms with van der Waals surface area (Å²) < 4.78 is 20.5. The van der Waals surface area contributed by atoms with E-state index in [1.807, 2.05) is 0 Å². The van der Waals surface area contributed by atoms with E-state index >= 15 is 0 Å². The van der Waals surface area contributed by atoms with Gasteiger partial charge in [0, 0.05) is 6.42 Å². The van der Waals surface area contributed by atoms with Crippen molar-refractivity contribution in [1.82, 2.24) is 0 Å². The van der Waals surface area contributed by atoms with Crippen molar-refractivity contribution in [2.45, 2.75) is 11.2 Å². The minimum absolute atomic E-state index is 0.124. The summed E-state index contributed by atoms with van der Waals surface area (Å²) in [6.45, 7) is 0. The lowest BCUT2D eigenvalue weighted by Gasteiger charge is -2.19. The minimum atomic E-state index is -3.84. The van der Waals surface area contributed by atoms with E-state index in [1.54, 1.807) is 18.2 Å². The second-order valence-corrected chi connectivity index (χ2v) is 4.36. The van der Waals surface area contributed by atoms with Crippen molar-refractivity contribution < 1.29 is 8.42 Å². The van der Waals surface area contributed by atoms with Gasteiger partial charge in [-0.3, -0.25) is 0 Å². The average molecular weight is 184 g/mol. The highest BCUT2D eigenvalue weighted by Gasteiger charge is 2.39. The van der Waals surface area contributed by atoms with E-state index < -0.39 is 14.8 Å². The Balaban J connectivity index is 3.20. The zero-order valence-corrected chi connectivity index (χ0v) is 7.08. The molecule has 0 saturated heterocycles. The van der Waals surface area contributed by atoms with Crippen LogP contribution in [-0.4, -0.2) is 13.2 Å². The molecule has 1 unspecified atom stereocenters. The fourth-order valence-corrected chi connectivity index (χ4v) is 1.68. The van der Waals surface area contributed by atoms with Crippen LogP contribution in [0.1, 0.15) is 6.42 Å². The van der Waals surface area contributed by atoms with Crippen molar-refractivity contribution in [3.05, 3.63) is 24.3 Å². The molecule has 0 saturated carbocycles. The SMILES string of the molecule is N#CC1(S(N)(=O)=O)C=CC=CC1. The lowest BCUT2D eigenvalue weighted by atomic mass is 10.0. The van der Waals surface area contributed by atoms with Gasteiger partial charge >= 0.3 is 0 Å². The van der Waals surface area contributed by atoms with Crippen LogP contribution in [0.3, 0.4) is 0 Å². The van der Waals surface area contributed by atoms with Crippen molar-refractivity contribution in [1.29, 1.82) is 5.26 Å². The Morgan fingerprint density at radius 1 is 1.50 bits per heavy atom. The quantitative estimate of drug-likeness (QED) is 0.625. The topological polar surface area (TPSA) is 83.9 Å². The van der Waals surface area contributed by atoms with E-state index in [9.17, 15) is 8.42 Å². The van der Waals surface area contributed by atoms with Crippen LogP contribution in [0.25, 0.3) is 0 Å². The first-order valence-corrected chi connectivity index (χ1v) is 4.84. The van der Waals surface area contributed by atoms with E-state index in [4.69, 9.17) is 10.4 Å². The molecule has 64 valence electrons. The van der Waals surface area contributed by atoms with E-state index in [0.717, 1.165) is 0 Å². The van der Waals surface area contributed by atoms with Crippen LogP contribution in [0.4, 0.5) is 0 Å². The molecular weight excluding hydrogens is 176 g/mol. The summed E-state index contributed by atoms with van der Waals surface area (Å²) in [6.07, 6.45) is 6.23. The Hall–Kier alpha value is -1.12. The average Bonchev–Trinajstić information content (AvgIpc) is 2.04. The van der Waals surface area contributed by atoms with Gasteiger partial charge in [-0.15, -0.1) is 0 Å². The largest absolute Gasteiger partial charge is 0.232 e. The molecule has 2 N–H and O–H groups in total. The predicted octanol–water partition coefficient (Wildman–Crippen LogP) is 0.0534.